The lowest BCUT2D eigenvalue weighted by Gasteiger charge is -2.27. The van der Waals surface area contributed by atoms with Gasteiger partial charge in [-0.3, -0.25) is 0 Å². The first kappa shape index (κ1) is 15.0. The summed E-state index contributed by atoms with van der Waals surface area (Å²) in [5, 5.41) is 13.2. The molecule has 0 bridgehead atoms. The van der Waals surface area contributed by atoms with Crippen LogP contribution in [0, 0.1) is 5.92 Å². The van der Waals surface area contributed by atoms with Gasteiger partial charge in [0.15, 0.2) is 0 Å². The minimum absolute atomic E-state index is 0.0512. The molecular formula is C16H24BrNO. The van der Waals surface area contributed by atoms with Crippen LogP contribution < -0.4 is 5.32 Å². The molecule has 2 N–H and O–H groups in total. The SMILES string of the molecule is CCC(NCC1CCC(O)CC1)c1ccc(Br)cc1. The predicted octanol–water partition coefficient (Wildman–Crippen LogP) is 4.04. The first-order valence-corrected chi connectivity index (χ1v) is 8.15. The molecule has 0 amide bonds. The second-order valence-electron chi connectivity index (χ2n) is 5.60. The van der Waals surface area contributed by atoms with E-state index in [1.807, 2.05) is 0 Å². The molecule has 2 nitrogen and oxygen atoms in total. The van der Waals surface area contributed by atoms with Crippen molar-refractivity contribution in [3.8, 4) is 0 Å². The number of nitrogens with one attached hydrogen (secondary N) is 1. The van der Waals surface area contributed by atoms with E-state index in [1.165, 1.54) is 5.56 Å². The molecule has 1 saturated carbocycles. The van der Waals surface area contributed by atoms with Crippen LogP contribution in [-0.4, -0.2) is 17.8 Å². The van der Waals surface area contributed by atoms with Gasteiger partial charge >= 0.3 is 0 Å². The fourth-order valence-electron chi connectivity index (χ4n) is 2.85. The lowest BCUT2D eigenvalue weighted by molar-refractivity contribution is 0.107. The Labute approximate surface area is 124 Å². The fourth-order valence-corrected chi connectivity index (χ4v) is 3.12. The van der Waals surface area contributed by atoms with E-state index in [0.29, 0.717) is 6.04 Å². The Morgan fingerprint density at radius 3 is 2.42 bits per heavy atom. The smallest absolute Gasteiger partial charge is 0.0540 e. The average Bonchev–Trinajstić information content (AvgIpc) is 2.43. The van der Waals surface area contributed by atoms with E-state index >= 15 is 0 Å². The first-order valence-electron chi connectivity index (χ1n) is 7.36. The third kappa shape index (κ3) is 4.59. The Balaban J connectivity index is 1.84. The van der Waals surface area contributed by atoms with Gasteiger partial charge in [0.25, 0.3) is 0 Å². The topological polar surface area (TPSA) is 32.3 Å². The standard InChI is InChI=1S/C16H24BrNO/c1-2-16(13-5-7-14(17)8-6-13)18-11-12-3-9-15(19)10-4-12/h5-8,12,15-16,18-19H,2-4,9-11H2,1H3. The Kier molecular flexibility index (Phi) is 5.86. The van der Waals surface area contributed by atoms with Crippen molar-refractivity contribution in [1.29, 1.82) is 0 Å². The van der Waals surface area contributed by atoms with Gasteiger partial charge in [-0.05, 0) is 62.3 Å². The van der Waals surface area contributed by atoms with Crippen LogP contribution in [-0.2, 0) is 0 Å². The molecule has 1 aliphatic rings. The Bertz CT molecular complexity index is 371. The van der Waals surface area contributed by atoms with E-state index in [2.05, 4.69) is 52.4 Å². The second kappa shape index (κ2) is 7.41. The highest BCUT2D eigenvalue weighted by molar-refractivity contribution is 9.10. The summed E-state index contributed by atoms with van der Waals surface area (Å²) in [6.07, 6.45) is 5.32. The summed E-state index contributed by atoms with van der Waals surface area (Å²) in [6.45, 7) is 3.30. The molecule has 0 aliphatic heterocycles. The van der Waals surface area contributed by atoms with E-state index in [9.17, 15) is 5.11 Å². The zero-order valence-electron chi connectivity index (χ0n) is 11.6. The number of rotatable bonds is 5. The van der Waals surface area contributed by atoms with Gasteiger partial charge in [0.05, 0.1) is 6.10 Å². The van der Waals surface area contributed by atoms with Crippen molar-refractivity contribution in [1.82, 2.24) is 5.32 Å². The number of aliphatic hydroxyl groups excluding tert-OH is 1. The number of hydrogen-bond acceptors (Lipinski definition) is 2. The molecule has 106 valence electrons. The predicted molar refractivity (Wildman–Crippen MR) is 83.1 cm³/mol. The zero-order valence-corrected chi connectivity index (χ0v) is 13.2. The van der Waals surface area contributed by atoms with Gasteiger partial charge in [-0.2, -0.15) is 0 Å². The third-order valence-corrected chi connectivity index (χ3v) is 4.68. The van der Waals surface area contributed by atoms with Gasteiger partial charge in [-0.1, -0.05) is 35.0 Å². The van der Waals surface area contributed by atoms with Crippen LogP contribution in [0.3, 0.4) is 0 Å². The first-order chi connectivity index (χ1) is 9.19. The second-order valence-corrected chi connectivity index (χ2v) is 6.51. The van der Waals surface area contributed by atoms with Crippen LogP contribution in [0.4, 0.5) is 0 Å². The van der Waals surface area contributed by atoms with E-state index in [4.69, 9.17) is 0 Å². The molecule has 0 heterocycles. The molecule has 1 unspecified atom stereocenters. The lowest BCUT2D eigenvalue weighted by Crippen LogP contribution is -2.30. The molecule has 19 heavy (non-hydrogen) atoms. The van der Waals surface area contributed by atoms with Crippen LogP contribution in [0.5, 0.6) is 0 Å². The van der Waals surface area contributed by atoms with Gasteiger partial charge in [0, 0.05) is 10.5 Å². The minimum Gasteiger partial charge on any atom is -0.393 e. The molecule has 0 aromatic heterocycles. The summed E-state index contributed by atoms with van der Waals surface area (Å²) in [7, 11) is 0. The third-order valence-electron chi connectivity index (χ3n) is 4.15. The Hall–Kier alpha value is -0.380. The molecule has 1 fully saturated rings. The zero-order chi connectivity index (χ0) is 13.7. The monoisotopic (exact) mass is 325 g/mol. The number of halogens is 1. The molecule has 3 heteroatoms. The number of benzene rings is 1. The fraction of sp³-hybridized carbons (Fsp3) is 0.625. The molecule has 0 saturated heterocycles. The molecule has 1 aliphatic carbocycles. The van der Waals surface area contributed by atoms with Crippen molar-refractivity contribution in [2.75, 3.05) is 6.54 Å². The van der Waals surface area contributed by atoms with Crippen LogP contribution >= 0.6 is 15.9 Å². The van der Waals surface area contributed by atoms with E-state index < -0.39 is 0 Å². The summed E-state index contributed by atoms with van der Waals surface area (Å²) < 4.78 is 1.13. The highest BCUT2D eigenvalue weighted by Crippen LogP contribution is 2.25. The van der Waals surface area contributed by atoms with Crippen LogP contribution in [0.2, 0.25) is 0 Å². The largest absolute Gasteiger partial charge is 0.393 e. The van der Waals surface area contributed by atoms with Crippen molar-refractivity contribution in [2.45, 2.75) is 51.2 Å². The summed E-state index contributed by atoms with van der Waals surface area (Å²) in [4.78, 5) is 0. The summed E-state index contributed by atoms with van der Waals surface area (Å²) in [5.74, 6) is 0.730. The molecule has 0 spiro atoms. The highest BCUT2D eigenvalue weighted by atomic mass is 79.9. The van der Waals surface area contributed by atoms with Crippen molar-refractivity contribution in [3.05, 3.63) is 34.3 Å². The van der Waals surface area contributed by atoms with Gasteiger partial charge in [0.1, 0.15) is 0 Å². The van der Waals surface area contributed by atoms with Crippen molar-refractivity contribution in [2.24, 2.45) is 5.92 Å². The molecule has 1 atom stereocenters. The van der Waals surface area contributed by atoms with Gasteiger partial charge in [-0.15, -0.1) is 0 Å². The maximum atomic E-state index is 9.53. The van der Waals surface area contributed by atoms with Crippen molar-refractivity contribution in [3.63, 3.8) is 0 Å². The van der Waals surface area contributed by atoms with Crippen LogP contribution in [0.25, 0.3) is 0 Å². The highest BCUT2D eigenvalue weighted by Gasteiger charge is 2.20. The van der Waals surface area contributed by atoms with E-state index in [-0.39, 0.29) is 6.10 Å². The van der Waals surface area contributed by atoms with Crippen LogP contribution in [0.1, 0.15) is 50.6 Å². The molecule has 0 radical (unpaired) electrons. The van der Waals surface area contributed by atoms with Gasteiger partial charge in [0.2, 0.25) is 0 Å². The summed E-state index contributed by atoms with van der Waals surface area (Å²) >= 11 is 3.48. The maximum absolute atomic E-state index is 9.53. The van der Waals surface area contributed by atoms with Gasteiger partial charge in [-0.25, -0.2) is 0 Å². The van der Waals surface area contributed by atoms with Crippen molar-refractivity contribution < 1.29 is 5.11 Å². The molecular weight excluding hydrogens is 302 g/mol. The minimum atomic E-state index is -0.0512. The number of hydrogen-bond donors (Lipinski definition) is 2. The molecule has 2 rings (SSSR count). The molecule has 1 aromatic carbocycles. The van der Waals surface area contributed by atoms with Crippen LogP contribution in [0.15, 0.2) is 28.7 Å². The normalized spacial score (nSPS) is 25.2. The quantitative estimate of drug-likeness (QED) is 0.856. The summed E-state index contributed by atoms with van der Waals surface area (Å²) in [5.41, 5.74) is 1.36. The summed E-state index contributed by atoms with van der Waals surface area (Å²) in [6, 6.07) is 9.04. The van der Waals surface area contributed by atoms with Gasteiger partial charge < -0.3 is 10.4 Å². The lowest BCUT2D eigenvalue weighted by atomic mass is 9.87. The Morgan fingerprint density at radius 1 is 1.21 bits per heavy atom. The molecule has 1 aromatic rings. The van der Waals surface area contributed by atoms with E-state index in [1.54, 1.807) is 0 Å². The Morgan fingerprint density at radius 2 is 1.84 bits per heavy atom. The van der Waals surface area contributed by atoms with Crippen molar-refractivity contribution >= 4 is 15.9 Å². The average molecular weight is 326 g/mol. The maximum Gasteiger partial charge on any atom is 0.0540 e. The van der Waals surface area contributed by atoms with E-state index in [0.717, 1.165) is 49.0 Å². The number of aliphatic hydroxyl groups is 1.